The third-order valence-electron chi connectivity index (χ3n) is 8.99. The Hall–Kier alpha value is -4.26. The molecule has 7 heteroatoms. The minimum atomic E-state index is -1.03. The first-order chi connectivity index (χ1) is 19.0. The first-order valence-electron chi connectivity index (χ1n) is 13.5. The summed E-state index contributed by atoms with van der Waals surface area (Å²) in [5.74, 6) is 1.14. The summed E-state index contributed by atoms with van der Waals surface area (Å²) in [5, 5.41) is 1.15. The van der Waals surface area contributed by atoms with E-state index in [9.17, 15) is 9.59 Å². The van der Waals surface area contributed by atoms with Gasteiger partial charge >= 0.3 is 0 Å². The Kier molecular flexibility index (Phi) is 5.44. The molecule has 0 radical (unpaired) electrons. The summed E-state index contributed by atoms with van der Waals surface area (Å²) in [6.07, 6.45) is 2.68. The number of fused-ring (bicyclic) bond motifs is 6. The number of nitrogens with zero attached hydrogens (tertiary/aromatic N) is 2. The van der Waals surface area contributed by atoms with Crippen LogP contribution in [0.2, 0.25) is 0 Å². The number of nitrogens with one attached hydrogen (secondary N) is 1. The fraction of sp³-hybridized carbons (Fsp3) is 0.312. The minimum Gasteiger partial charge on any atom is -0.497 e. The fourth-order valence-electron chi connectivity index (χ4n) is 7.27. The first-order valence-corrected chi connectivity index (χ1v) is 13.5. The molecule has 198 valence electrons. The number of hydrogen-bond donors (Lipinski definition) is 1. The lowest BCUT2D eigenvalue weighted by Crippen LogP contribution is -2.66. The molecule has 7 nitrogen and oxygen atoms in total. The normalized spacial score (nSPS) is 25.7. The fourth-order valence-corrected chi connectivity index (χ4v) is 7.27. The smallest absolute Gasteiger partial charge is 0.249 e. The number of piperazine rings is 1. The second-order valence-corrected chi connectivity index (χ2v) is 11.0. The molecule has 0 aliphatic carbocycles. The number of carbonyl (C=O) groups excluding carboxylic acids is 2. The van der Waals surface area contributed by atoms with E-state index in [0.29, 0.717) is 31.1 Å². The van der Waals surface area contributed by atoms with Gasteiger partial charge in [0.15, 0.2) is 0 Å². The number of amides is 2. The van der Waals surface area contributed by atoms with E-state index in [1.165, 1.54) is 0 Å². The Labute approximate surface area is 227 Å². The summed E-state index contributed by atoms with van der Waals surface area (Å²) in [6.45, 7) is 2.95. The molecule has 4 aromatic rings. The number of ether oxygens (including phenoxy) is 2. The van der Waals surface area contributed by atoms with Gasteiger partial charge in [0.25, 0.3) is 0 Å². The quantitative estimate of drug-likeness (QED) is 0.413. The van der Waals surface area contributed by atoms with Crippen LogP contribution in [0.4, 0.5) is 0 Å². The summed E-state index contributed by atoms with van der Waals surface area (Å²) in [4.78, 5) is 35.5. The third kappa shape index (κ3) is 3.49. The highest BCUT2D eigenvalue weighted by molar-refractivity contribution is 6.00. The van der Waals surface area contributed by atoms with Crippen molar-refractivity contribution in [1.29, 1.82) is 0 Å². The summed E-state index contributed by atoms with van der Waals surface area (Å²) >= 11 is 0. The van der Waals surface area contributed by atoms with Gasteiger partial charge in [-0.2, -0.15) is 0 Å². The lowest BCUT2D eigenvalue weighted by molar-refractivity contribution is -0.163. The Morgan fingerprint density at radius 3 is 2.67 bits per heavy atom. The highest BCUT2D eigenvalue weighted by Crippen LogP contribution is 2.60. The van der Waals surface area contributed by atoms with Crippen LogP contribution in [0.15, 0.2) is 79.0 Å². The number of aromatic amines is 1. The number of H-pyrrole nitrogens is 1. The van der Waals surface area contributed by atoms with Gasteiger partial charge in [-0.3, -0.25) is 9.59 Å². The maximum atomic E-state index is 14.5. The van der Waals surface area contributed by atoms with Crippen molar-refractivity contribution in [2.24, 2.45) is 5.92 Å². The highest BCUT2D eigenvalue weighted by atomic mass is 16.5. The highest BCUT2D eigenvalue weighted by Gasteiger charge is 2.66. The Balaban J connectivity index is 1.28. The number of methoxy groups -OCH3 is 1. The summed E-state index contributed by atoms with van der Waals surface area (Å²) < 4.78 is 11.7. The molecule has 2 saturated heterocycles. The van der Waals surface area contributed by atoms with Crippen molar-refractivity contribution in [2.45, 2.75) is 30.8 Å². The molecule has 3 aliphatic heterocycles. The van der Waals surface area contributed by atoms with Gasteiger partial charge in [0, 0.05) is 47.1 Å². The van der Waals surface area contributed by atoms with Gasteiger partial charge in [-0.1, -0.05) is 48.5 Å². The van der Waals surface area contributed by atoms with Gasteiger partial charge in [0.1, 0.15) is 17.0 Å². The summed E-state index contributed by atoms with van der Waals surface area (Å²) in [7, 11) is 1.63. The van der Waals surface area contributed by atoms with E-state index in [2.05, 4.69) is 23.2 Å². The molecular weight excluding hydrogens is 490 g/mol. The molecule has 2 fully saturated rings. The van der Waals surface area contributed by atoms with Crippen molar-refractivity contribution >= 4 is 22.7 Å². The molecule has 0 saturated carbocycles. The molecule has 7 rings (SSSR count). The zero-order valence-electron chi connectivity index (χ0n) is 22.1. The van der Waals surface area contributed by atoms with Crippen molar-refractivity contribution in [1.82, 2.24) is 14.8 Å². The second kappa shape index (κ2) is 8.90. The molecule has 0 unspecified atom stereocenters. The van der Waals surface area contributed by atoms with Crippen LogP contribution in [0, 0.1) is 5.92 Å². The van der Waals surface area contributed by atoms with Gasteiger partial charge in [0.2, 0.25) is 11.8 Å². The number of hydrogen-bond acceptors (Lipinski definition) is 4. The van der Waals surface area contributed by atoms with Crippen molar-refractivity contribution in [2.75, 3.05) is 26.8 Å². The van der Waals surface area contributed by atoms with Crippen LogP contribution in [0.5, 0.6) is 11.5 Å². The number of benzene rings is 3. The average Bonchev–Trinajstić information content (AvgIpc) is 3.51. The number of para-hydroxylation sites is 1. The summed E-state index contributed by atoms with van der Waals surface area (Å²) in [5.41, 5.74) is 3.18. The second-order valence-electron chi connectivity index (χ2n) is 11.0. The molecule has 2 amide bonds. The zero-order chi connectivity index (χ0) is 26.7. The molecule has 3 aromatic carbocycles. The maximum absolute atomic E-state index is 14.5. The van der Waals surface area contributed by atoms with Gasteiger partial charge < -0.3 is 24.3 Å². The van der Waals surface area contributed by atoms with Crippen LogP contribution in [0.1, 0.15) is 35.6 Å². The standard InChI is InChI=1S/C32H31N3O4/c1-32-29(20-8-4-3-5-9-20)25-19-39-27-16-22(38-2)12-13-24(27)30(25)35(32)28(36)18-34(31(32)37)15-14-21-17-33-26-11-7-6-10-23(21)26/h3-13,16-17,25,29-30,33H,14-15,18-19H2,1-2H3/t25-,29+,30+,32-/m1/s1. The molecular formula is C32H31N3O4. The maximum Gasteiger partial charge on any atom is 0.249 e. The molecule has 0 spiro atoms. The van der Waals surface area contributed by atoms with Crippen LogP contribution in [-0.2, 0) is 16.0 Å². The molecule has 4 heterocycles. The van der Waals surface area contributed by atoms with Gasteiger partial charge in [-0.25, -0.2) is 0 Å². The van der Waals surface area contributed by atoms with Crippen LogP contribution < -0.4 is 9.47 Å². The molecule has 0 bridgehead atoms. The van der Waals surface area contributed by atoms with E-state index in [0.717, 1.165) is 27.6 Å². The van der Waals surface area contributed by atoms with Gasteiger partial charge in [-0.05, 0) is 42.7 Å². The van der Waals surface area contributed by atoms with Crippen LogP contribution in [0.25, 0.3) is 10.9 Å². The average molecular weight is 522 g/mol. The lowest BCUT2D eigenvalue weighted by atomic mass is 9.73. The SMILES string of the molecule is COc1ccc2c(c1)OC[C@H]1[C@H]2N2C(=O)CN(CCc3c[nH]c4ccccc34)C(=O)[C@@]2(C)[C@H]1c1ccccc1. The Morgan fingerprint density at radius 1 is 1.05 bits per heavy atom. The Bertz CT molecular complexity index is 1580. The predicted octanol–water partition coefficient (Wildman–Crippen LogP) is 4.70. The molecule has 4 atom stereocenters. The Morgan fingerprint density at radius 2 is 1.85 bits per heavy atom. The van der Waals surface area contributed by atoms with Gasteiger partial charge in [0.05, 0.1) is 26.3 Å². The van der Waals surface area contributed by atoms with Crippen molar-refractivity contribution in [3.63, 3.8) is 0 Å². The van der Waals surface area contributed by atoms with E-state index in [-0.39, 0.29) is 36.2 Å². The van der Waals surface area contributed by atoms with Crippen LogP contribution in [0.3, 0.4) is 0 Å². The first kappa shape index (κ1) is 23.8. The van der Waals surface area contributed by atoms with E-state index in [4.69, 9.17) is 9.47 Å². The molecule has 3 aliphatic rings. The largest absolute Gasteiger partial charge is 0.497 e. The third-order valence-corrected chi connectivity index (χ3v) is 8.99. The number of aromatic nitrogens is 1. The lowest BCUT2D eigenvalue weighted by Gasteiger charge is -2.47. The monoisotopic (exact) mass is 521 g/mol. The minimum absolute atomic E-state index is 0.000237. The summed E-state index contributed by atoms with van der Waals surface area (Å²) in [6, 6.07) is 23.8. The van der Waals surface area contributed by atoms with Gasteiger partial charge in [-0.15, -0.1) is 0 Å². The zero-order valence-corrected chi connectivity index (χ0v) is 22.1. The molecule has 39 heavy (non-hydrogen) atoms. The van der Waals surface area contributed by atoms with Crippen LogP contribution in [-0.4, -0.2) is 58.9 Å². The van der Waals surface area contributed by atoms with Crippen LogP contribution >= 0.6 is 0 Å². The van der Waals surface area contributed by atoms with Crippen molar-refractivity contribution in [3.8, 4) is 11.5 Å². The van der Waals surface area contributed by atoms with E-state index in [1.54, 1.807) is 12.0 Å². The van der Waals surface area contributed by atoms with E-state index < -0.39 is 5.54 Å². The number of rotatable bonds is 5. The van der Waals surface area contributed by atoms with E-state index in [1.807, 2.05) is 72.6 Å². The topological polar surface area (TPSA) is 74.9 Å². The molecule has 1 aromatic heterocycles. The van der Waals surface area contributed by atoms with Crippen molar-refractivity contribution < 1.29 is 19.1 Å². The molecule has 1 N–H and O–H groups in total. The predicted molar refractivity (Wildman–Crippen MR) is 148 cm³/mol. The van der Waals surface area contributed by atoms with E-state index >= 15 is 0 Å². The van der Waals surface area contributed by atoms with Crippen molar-refractivity contribution in [3.05, 3.63) is 95.7 Å². The number of carbonyl (C=O) groups is 2.